The number of piperidine rings is 1. The SMILES string of the molecule is Clc1ccc(-c2nc(C3CCN(CCc4cccs4)CC3)n3ccccc23)cc1. The van der Waals surface area contributed by atoms with Crippen molar-refractivity contribution < 1.29 is 0 Å². The van der Waals surface area contributed by atoms with Crippen molar-refractivity contribution in [3.05, 3.63) is 81.9 Å². The van der Waals surface area contributed by atoms with Gasteiger partial charge in [-0.3, -0.25) is 0 Å². The Bertz CT molecular complexity index is 1080. The van der Waals surface area contributed by atoms with E-state index in [1.807, 2.05) is 23.5 Å². The largest absolute Gasteiger partial charge is 0.303 e. The number of rotatable bonds is 5. The van der Waals surface area contributed by atoms with Gasteiger partial charge in [-0.25, -0.2) is 4.98 Å². The summed E-state index contributed by atoms with van der Waals surface area (Å²) in [7, 11) is 0. The number of halogens is 1. The summed E-state index contributed by atoms with van der Waals surface area (Å²) < 4.78 is 2.29. The first-order valence-corrected chi connectivity index (χ1v) is 11.5. The Morgan fingerprint density at radius 1 is 1.00 bits per heavy atom. The van der Waals surface area contributed by atoms with Gasteiger partial charge in [-0.15, -0.1) is 11.3 Å². The Kier molecular flexibility index (Phi) is 5.40. The van der Waals surface area contributed by atoms with E-state index in [9.17, 15) is 0 Å². The minimum absolute atomic E-state index is 0.504. The molecule has 5 rings (SSSR count). The van der Waals surface area contributed by atoms with Crippen LogP contribution in [0.15, 0.2) is 66.2 Å². The Morgan fingerprint density at radius 2 is 1.83 bits per heavy atom. The first kappa shape index (κ1) is 18.9. The molecule has 0 atom stereocenters. The number of pyridine rings is 1. The van der Waals surface area contributed by atoms with E-state index in [1.165, 1.54) is 29.1 Å². The molecule has 0 bridgehead atoms. The fourth-order valence-electron chi connectivity index (χ4n) is 4.31. The number of hydrogen-bond donors (Lipinski definition) is 0. The average Bonchev–Trinajstić information content (AvgIpc) is 3.41. The highest BCUT2D eigenvalue weighted by Crippen LogP contribution is 2.33. The van der Waals surface area contributed by atoms with Crippen LogP contribution < -0.4 is 0 Å². The predicted octanol–water partition coefficient (Wildman–Crippen LogP) is 6.14. The highest BCUT2D eigenvalue weighted by Gasteiger charge is 2.25. The van der Waals surface area contributed by atoms with Gasteiger partial charge in [-0.2, -0.15) is 0 Å². The molecular formula is C24H24ClN3S. The van der Waals surface area contributed by atoms with Gasteiger partial charge in [0.15, 0.2) is 0 Å². The quantitative estimate of drug-likeness (QED) is 0.386. The number of benzene rings is 1. The highest BCUT2D eigenvalue weighted by molar-refractivity contribution is 7.09. The lowest BCUT2D eigenvalue weighted by atomic mass is 9.96. The summed E-state index contributed by atoms with van der Waals surface area (Å²) in [6, 6.07) is 18.8. The molecule has 4 aromatic rings. The minimum atomic E-state index is 0.504. The van der Waals surface area contributed by atoms with Crippen LogP contribution >= 0.6 is 22.9 Å². The third-order valence-electron chi connectivity index (χ3n) is 5.90. The van der Waals surface area contributed by atoms with Crippen molar-refractivity contribution in [3.63, 3.8) is 0 Å². The summed E-state index contributed by atoms with van der Waals surface area (Å²) in [5.41, 5.74) is 3.35. The maximum atomic E-state index is 6.09. The first-order valence-electron chi connectivity index (χ1n) is 10.3. The molecular weight excluding hydrogens is 398 g/mol. The van der Waals surface area contributed by atoms with Crippen LogP contribution in [-0.4, -0.2) is 33.9 Å². The molecule has 4 heterocycles. The topological polar surface area (TPSA) is 20.5 Å². The Balaban J connectivity index is 1.35. The van der Waals surface area contributed by atoms with Crippen LogP contribution in [0.2, 0.25) is 5.02 Å². The Labute approximate surface area is 180 Å². The molecule has 1 saturated heterocycles. The van der Waals surface area contributed by atoms with E-state index < -0.39 is 0 Å². The molecule has 3 nitrogen and oxygen atoms in total. The van der Waals surface area contributed by atoms with Gasteiger partial charge in [0.2, 0.25) is 0 Å². The molecule has 0 saturated carbocycles. The van der Waals surface area contributed by atoms with Crippen molar-refractivity contribution >= 4 is 28.5 Å². The summed E-state index contributed by atoms with van der Waals surface area (Å²) in [5.74, 6) is 1.70. The van der Waals surface area contributed by atoms with Crippen LogP contribution in [0.5, 0.6) is 0 Å². The molecule has 1 aliphatic heterocycles. The fourth-order valence-corrected chi connectivity index (χ4v) is 5.13. The normalized spacial score (nSPS) is 15.9. The number of hydrogen-bond acceptors (Lipinski definition) is 3. The molecule has 1 aromatic carbocycles. The van der Waals surface area contributed by atoms with E-state index in [1.54, 1.807) is 0 Å². The summed E-state index contributed by atoms with van der Waals surface area (Å²) in [6.07, 6.45) is 5.65. The van der Waals surface area contributed by atoms with Crippen LogP contribution in [0.1, 0.15) is 29.5 Å². The van der Waals surface area contributed by atoms with E-state index in [0.717, 1.165) is 42.3 Å². The van der Waals surface area contributed by atoms with Gasteiger partial charge in [-0.1, -0.05) is 35.9 Å². The van der Waals surface area contributed by atoms with Gasteiger partial charge < -0.3 is 9.30 Å². The molecule has 3 aromatic heterocycles. The first-order chi connectivity index (χ1) is 14.3. The Hall–Kier alpha value is -2.14. The van der Waals surface area contributed by atoms with Crippen molar-refractivity contribution in [2.45, 2.75) is 25.2 Å². The van der Waals surface area contributed by atoms with Crippen LogP contribution in [0.3, 0.4) is 0 Å². The van der Waals surface area contributed by atoms with Crippen LogP contribution in [0.25, 0.3) is 16.8 Å². The molecule has 1 fully saturated rings. The van der Waals surface area contributed by atoms with Crippen molar-refractivity contribution in [2.24, 2.45) is 0 Å². The fraction of sp³-hybridized carbons (Fsp3) is 0.292. The van der Waals surface area contributed by atoms with Crippen molar-refractivity contribution in [1.82, 2.24) is 14.3 Å². The molecule has 0 unspecified atom stereocenters. The van der Waals surface area contributed by atoms with E-state index in [4.69, 9.17) is 16.6 Å². The second kappa shape index (κ2) is 8.31. The molecule has 29 heavy (non-hydrogen) atoms. The van der Waals surface area contributed by atoms with E-state index in [-0.39, 0.29) is 0 Å². The van der Waals surface area contributed by atoms with Crippen molar-refractivity contribution in [1.29, 1.82) is 0 Å². The molecule has 0 amide bonds. The number of thiophene rings is 1. The molecule has 0 spiro atoms. The average molecular weight is 422 g/mol. The van der Waals surface area contributed by atoms with Gasteiger partial charge in [0.05, 0.1) is 11.2 Å². The third kappa shape index (κ3) is 3.97. The maximum Gasteiger partial charge on any atom is 0.117 e. The number of likely N-dealkylation sites (tertiary alicyclic amines) is 1. The van der Waals surface area contributed by atoms with Gasteiger partial charge in [0.1, 0.15) is 5.82 Å². The predicted molar refractivity (Wildman–Crippen MR) is 122 cm³/mol. The van der Waals surface area contributed by atoms with E-state index in [2.05, 4.69) is 63.3 Å². The number of nitrogens with zero attached hydrogens (tertiary/aromatic N) is 3. The Morgan fingerprint density at radius 3 is 2.59 bits per heavy atom. The van der Waals surface area contributed by atoms with Gasteiger partial charge in [0.25, 0.3) is 0 Å². The molecule has 148 valence electrons. The standard InChI is InChI=1S/C24H24ClN3S/c25-20-8-6-18(7-9-20)23-22-5-1-2-13-28(22)24(26-23)19-10-14-27(15-11-19)16-12-21-4-3-17-29-21/h1-9,13,17,19H,10-12,14-16H2. The highest BCUT2D eigenvalue weighted by atomic mass is 35.5. The zero-order chi connectivity index (χ0) is 19.6. The summed E-state index contributed by atoms with van der Waals surface area (Å²) in [6.45, 7) is 3.45. The summed E-state index contributed by atoms with van der Waals surface area (Å²) in [5, 5.41) is 2.93. The monoisotopic (exact) mass is 421 g/mol. The second-order valence-electron chi connectivity index (χ2n) is 7.73. The van der Waals surface area contributed by atoms with Crippen LogP contribution in [-0.2, 0) is 6.42 Å². The number of fused-ring (bicyclic) bond motifs is 1. The van der Waals surface area contributed by atoms with E-state index in [0.29, 0.717) is 5.92 Å². The minimum Gasteiger partial charge on any atom is -0.303 e. The molecule has 0 N–H and O–H groups in total. The van der Waals surface area contributed by atoms with Crippen LogP contribution in [0, 0.1) is 0 Å². The lowest BCUT2D eigenvalue weighted by Crippen LogP contribution is -2.34. The van der Waals surface area contributed by atoms with Crippen molar-refractivity contribution in [2.75, 3.05) is 19.6 Å². The lowest BCUT2D eigenvalue weighted by Gasteiger charge is -2.31. The van der Waals surface area contributed by atoms with Gasteiger partial charge >= 0.3 is 0 Å². The van der Waals surface area contributed by atoms with Gasteiger partial charge in [-0.05, 0) is 68.1 Å². The van der Waals surface area contributed by atoms with Crippen LogP contribution in [0.4, 0.5) is 0 Å². The van der Waals surface area contributed by atoms with Crippen molar-refractivity contribution in [3.8, 4) is 11.3 Å². The summed E-state index contributed by atoms with van der Waals surface area (Å²) >= 11 is 7.95. The number of aromatic nitrogens is 2. The molecule has 0 radical (unpaired) electrons. The zero-order valence-corrected chi connectivity index (χ0v) is 17.9. The third-order valence-corrected chi connectivity index (χ3v) is 7.09. The molecule has 1 aliphatic rings. The van der Waals surface area contributed by atoms with Gasteiger partial charge in [0, 0.05) is 34.1 Å². The smallest absolute Gasteiger partial charge is 0.117 e. The lowest BCUT2D eigenvalue weighted by molar-refractivity contribution is 0.212. The molecule has 0 aliphatic carbocycles. The zero-order valence-electron chi connectivity index (χ0n) is 16.3. The summed E-state index contributed by atoms with van der Waals surface area (Å²) in [4.78, 5) is 9.22. The second-order valence-corrected chi connectivity index (χ2v) is 9.20. The maximum absolute atomic E-state index is 6.09. The number of imidazole rings is 1. The molecule has 5 heteroatoms. The van der Waals surface area contributed by atoms with E-state index >= 15 is 0 Å².